The summed E-state index contributed by atoms with van der Waals surface area (Å²) in [4.78, 5) is 1.29. The minimum Gasteiger partial charge on any atom is -0.497 e. The Morgan fingerprint density at radius 3 is 2.88 bits per heavy atom. The first-order chi connectivity index (χ1) is 8.36. The molecule has 0 radical (unpaired) electrons. The van der Waals surface area contributed by atoms with Gasteiger partial charge in [0.15, 0.2) is 0 Å². The number of hydrogen-bond donors (Lipinski definition) is 1. The summed E-state index contributed by atoms with van der Waals surface area (Å²) < 4.78 is 5.26. The van der Waals surface area contributed by atoms with E-state index in [0.717, 1.165) is 11.5 Å². The summed E-state index contributed by atoms with van der Waals surface area (Å²) >= 11 is 1.85. The van der Waals surface area contributed by atoms with Gasteiger partial charge in [-0.3, -0.25) is 0 Å². The van der Waals surface area contributed by atoms with Crippen molar-refractivity contribution in [1.29, 1.82) is 0 Å². The number of ether oxygens (including phenoxy) is 1. The van der Waals surface area contributed by atoms with E-state index in [2.05, 4.69) is 41.7 Å². The number of nitrogens with one attached hydrogen (secondary N) is 1. The van der Waals surface area contributed by atoms with Crippen LogP contribution in [0.4, 0.5) is 11.4 Å². The number of para-hydroxylation sites is 1. The number of thioether (sulfide) groups is 1. The van der Waals surface area contributed by atoms with Crippen LogP contribution in [0.2, 0.25) is 0 Å². The molecule has 2 aromatic rings. The molecule has 0 bridgehead atoms. The second kappa shape index (κ2) is 4.34. The average molecular weight is 243 g/mol. The summed E-state index contributed by atoms with van der Waals surface area (Å²) in [5.41, 5.74) is 3.63. The van der Waals surface area contributed by atoms with Gasteiger partial charge in [0, 0.05) is 16.3 Å². The van der Waals surface area contributed by atoms with Gasteiger partial charge in [0.05, 0.1) is 12.8 Å². The fourth-order valence-corrected chi connectivity index (χ4v) is 2.93. The summed E-state index contributed by atoms with van der Waals surface area (Å²) in [6.45, 7) is 0. The molecule has 2 nitrogen and oxygen atoms in total. The molecule has 0 spiro atoms. The fourth-order valence-electron chi connectivity index (χ4n) is 1.93. The van der Waals surface area contributed by atoms with E-state index < -0.39 is 0 Å². The molecule has 0 unspecified atom stereocenters. The Morgan fingerprint density at radius 1 is 1.12 bits per heavy atom. The molecule has 0 saturated heterocycles. The third-order valence-corrected chi connectivity index (χ3v) is 3.97. The smallest absolute Gasteiger partial charge is 0.119 e. The van der Waals surface area contributed by atoms with Gasteiger partial charge in [-0.05, 0) is 35.9 Å². The van der Waals surface area contributed by atoms with Gasteiger partial charge in [-0.1, -0.05) is 12.1 Å². The van der Waals surface area contributed by atoms with Crippen LogP contribution in [0.5, 0.6) is 5.75 Å². The minimum absolute atomic E-state index is 0.914. The van der Waals surface area contributed by atoms with Crippen LogP contribution in [-0.2, 0) is 5.75 Å². The lowest BCUT2D eigenvalue weighted by molar-refractivity contribution is 0.414. The molecule has 0 aromatic heterocycles. The van der Waals surface area contributed by atoms with Gasteiger partial charge >= 0.3 is 0 Å². The van der Waals surface area contributed by atoms with Crippen molar-refractivity contribution in [3.05, 3.63) is 48.0 Å². The topological polar surface area (TPSA) is 21.3 Å². The van der Waals surface area contributed by atoms with Crippen LogP contribution < -0.4 is 10.1 Å². The Morgan fingerprint density at radius 2 is 2.00 bits per heavy atom. The third-order valence-electron chi connectivity index (χ3n) is 2.85. The van der Waals surface area contributed by atoms with Crippen LogP contribution in [0.25, 0.3) is 0 Å². The number of anilines is 2. The van der Waals surface area contributed by atoms with Crippen LogP contribution in [-0.4, -0.2) is 7.11 Å². The number of methoxy groups -OCH3 is 1. The number of fused-ring (bicyclic) bond motifs is 2. The predicted molar refractivity (Wildman–Crippen MR) is 72.3 cm³/mol. The van der Waals surface area contributed by atoms with Gasteiger partial charge in [-0.2, -0.15) is 0 Å². The summed E-state index contributed by atoms with van der Waals surface area (Å²) in [6, 6.07) is 14.6. The zero-order valence-electron chi connectivity index (χ0n) is 9.57. The van der Waals surface area contributed by atoms with Crippen molar-refractivity contribution in [2.24, 2.45) is 0 Å². The van der Waals surface area contributed by atoms with E-state index in [-0.39, 0.29) is 0 Å². The first-order valence-electron chi connectivity index (χ1n) is 5.52. The number of hydrogen-bond acceptors (Lipinski definition) is 3. The molecule has 0 amide bonds. The molecule has 86 valence electrons. The Kier molecular flexibility index (Phi) is 2.69. The highest BCUT2D eigenvalue weighted by Crippen LogP contribution is 2.38. The molecule has 1 aliphatic rings. The van der Waals surface area contributed by atoms with Crippen molar-refractivity contribution in [3.8, 4) is 5.75 Å². The molecule has 3 heteroatoms. The van der Waals surface area contributed by atoms with Gasteiger partial charge < -0.3 is 10.1 Å². The lowest BCUT2D eigenvalue weighted by Gasteiger charge is -2.09. The van der Waals surface area contributed by atoms with Crippen molar-refractivity contribution in [2.75, 3.05) is 12.4 Å². The largest absolute Gasteiger partial charge is 0.497 e. The van der Waals surface area contributed by atoms with E-state index in [0.29, 0.717) is 0 Å². The first kappa shape index (κ1) is 10.5. The second-order valence-corrected chi connectivity index (χ2v) is 4.95. The number of rotatable bonds is 1. The first-order valence-corrected chi connectivity index (χ1v) is 6.51. The molecule has 2 aromatic carbocycles. The van der Waals surface area contributed by atoms with E-state index >= 15 is 0 Å². The molecule has 1 N–H and O–H groups in total. The normalized spacial score (nSPS) is 13.0. The zero-order valence-corrected chi connectivity index (χ0v) is 10.4. The average Bonchev–Trinajstić information content (AvgIpc) is 2.57. The Labute approximate surface area is 105 Å². The standard InChI is InChI=1S/C14H13NOS/c1-16-11-6-7-12-10(8-11)9-17-14-5-3-2-4-13(14)15-12/h2-8,15H,9H2,1H3. The van der Waals surface area contributed by atoms with E-state index in [9.17, 15) is 0 Å². The molecule has 3 rings (SSSR count). The third kappa shape index (κ3) is 1.98. The molecule has 17 heavy (non-hydrogen) atoms. The molecule has 0 saturated carbocycles. The maximum atomic E-state index is 5.26. The van der Waals surface area contributed by atoms with Crippen LogP contribution in [0.3, 0.4) is 0 Å². The molecule has 1 heterocycles. The Balaban J connectivity index is 2.03. The van der Waals surface area contributed by atoms with E-state index in [1.165, 1.54) is 21.8 Å². The summed E-state index contributed by atoms with van der Waals surface area (Å²) in [7, 11) is 1.70. The van der Waals surface area contributed by atoms with Crippen molar-refractivity contribution in [2.45, 2.75) is 10.6 Å². The van der Waals surface area contributed by atoms with Gasteiger partial charge in [-0.15, -0.1) is 11.8 Å². The van der Waals surface area contributed by atoms with Gasteiger partial charge in [0.25, 0.3) is 0 Å². The summed E-state index contributed by atoms with van der Waals surface area (Å²) in [5.74, 6) is 1.88. The number of benzene rings is 2. The molecule has 1 aliphatic heterocycles. The van der Waals surface area contributed by atoms with Crippen LogP contribution in [0, 0.1) is 0 Å². The second-order valence-electron chi connectivity index (χ2n) is 3.93. The lowest BCUT2D eigenvalue weighted by atomic mass is 10.2. The molecule has 0 aliphatic carbocycles. The maximum Gasteiger partial charge on any atom is 0.119 e. The van der Waals surface area contributed by atoms with E-state index in [4.69, 9.17) is 4.74 Å². The monoisotopic (exact) mass is 243 g/mol. The van der Waals surface area contributed by atoms with Crippen molar-refractivity contribution in [1.82, 2.24) is 0 Å². The van der Waals surface area contributed by atoms with Crippen molar-refractivity contribution >= 4 is 23.1 Å². The Bertz CT molecular complexity index is 554. The highest BCUT2D eigenvalue weighted by molar-refractivity contribution is 7.98. The maximum absolute atomic E-state index is 5.26. The molecular formula is C14H13NOS. The summed E-state index contributed by atoms with van der Waals surface area (Å²) in [6.07, 6.45) is 0. The van der Waals surface area contributed by atoms with Gasteiger partial charge in [0.2, 0.25) is 0 Å². The lowest BCUT2D eigenvalue weighted by Crippen LogP contribution is -1.93. The van der Waals surface area contributed by atoms with E-state index in [1.807, 2.05) is 17.8 Å². The van der Waals surface area contributed by atoms with Crippen LogP contribution in [0.1, 0.15) is 5.56 Å². The van der Waals surface area contributed by atoms with Crippen LogP contribution in [0.15, 0.2) is 47.4 Å². The zero-order chi connectivity index (χ0) is 11.7. The SMILES string of the molecule is COc1ccc2c(c1)CSc1ccccc1N2. The minimum atomic E-state index is 0.914. The molecule has 0 atom stereocenters. The van der Waals surface area contributed by atoms with Crippen molar-refractivity contribution < 1.29 is 4.74 Å². The quantitative estimate of drug-likeness (QED) is 0.816. The van der Waals surface area contributed by atoms with Crippen molar-refractivity contribution in [3.63, 3.8) is 0 Å². The van der Waals surface area contributed by atoms with Crippen LogP contribution >= 0.6 is 11.8 Å². The highest BCUT2D eigenvalue weighted by Gasteiger charge is 2.12. The highest BCUT2D eigenvalue weighted by atomic mass is 32.2. The Hall–Kier alpha value is -1.61. The predicted octanol–water partition coefficient (Wildman–Crippen LogP) is 4.04. The van der Waals surface area contributed by atoms with E-state index in [1.54, 1.807) is 7.11 Å². The molecule has 0 fully saturated rings. The fraction of sp³-hybridized carbons (Fsp3) is 0.143. The summed E-state index contributed by atoms with van der Waals surface area (Å²) in [5, 5.41) is 3.48. The van der Waals surface area contributed by atoms with Gasteiger partial charge in [-0.25, -0.2) is 0 Å². The molecular weight excluding hydrogens is 230 g/mol. The van der Waals surface area contributed by atoms with Gasteiger partial charge in [0.1, 0.15) is 5.75 Å².